The van der Waals surface area contributed by atoms with E-state index < -0.39 is 11.8 Å². The molecule has 7 heteroatoms. The number of carbonyl (C=O) groups excluding carboxylic acids is 3. The van der Waals surface area contributed by atoms with Crippen LogP contribution < -0.4 is 10.6 Å². The van der Waals surface area contributed by atoms with Crippen molar-refractivity contribution in [3.05, 3.63) is 94.5 Å². The molecule has 146 valence electrons. The van der Waals surface area contributed by atoms with Gasteiger partial charge in [0.2, 0.25) is 0 Å². The smallest absolute Gasteiger partial charge is 0.291 e. The summed E-state index contributed by atoms with van der Waals surface area (Å²) in [5.41, 5.74) is 1.54. The Hall–Kier alpha value is -3.64. The zero-order valence-corrected chi connectivity index (χ0v) is 16.2. The van der Waals surface area contributed by atoms with Crippen LogP contribution in [0.4, 0.5) is 5.69 Å². The van der Waals surface area contributed by atoms with E-state index in [0.717, 1.165) is 0 Å². The summed E-state index contributed by atoms with van der Waals surface area (Å²) in [5.74, 6) is -1.14. The third-order valence-corrected chi connectivity index (χ3v) is 4.34. The van der Waals surface area contributed by atoms with E-state index in [2.05, 4.69) is 10.6 Å². The van der Waals surface area contributed by atoms with Crippen molar-refractivity contribution in [1.82, 2.24) is 5.32 Å². The van der Waals surface area contributed by atoms with E-state index in [-0.39, 0.29) is 17.2 Å². The fourth-order valence-electron chi connectivity index (χ4n) is 2.48. The topological polar surface area (TPSA) is 88.4 Å². The number of carbonyl (C=O) groups is 3. The van der Waals surface area contributed by atoms with Crippen LogP contribution in [0.15, 0.2) is 77.0 Å². The van der Waals surface area contributed by atoms with Crippen LogP contribution in [-0.4, -0.2) is 17.6 Å². The lowest BCUT2D eigenvalue weighted by Crippen LogP contribution is -2.30. The molecule has 2 amide bonds. The average Bonchev–Trinajstić information content (AvgIpc) is 3.24. The minimum Gasteiger partial charge on any atom is -0.459 e. The summed E-state index contributed by atoms with van der Waals surface area (Å²) in [6.45, 7) is 1.46. The van der Waals surface area contributed by atoms with Crippen molar-refractivity contribution in [2.45, 2.75) is 6.92 Å². The highest BCUT2D eigenvalue weighted by Crippen LogP contribution is 2.19. The Morgan fingerprint density at radius 3 is 2.31 bits per heavy atom. The van der Waals surface area contributed by atoms with Crippen molar-refractivity contribution in [3.8, 4) is 0 Å². The minimum atomic E-state index is -0.574. The number of hydrogen-bond donors (Lipinski definition) is 2. The molecule has 2 N–H and O–H groups in total. The van der Waals surface area contributed by atoms with E-state index in [1.807, 2.05) is 0 Å². The van der Waals surface area contributed by atoms with Gasteiger partial charge in [-0.2, -0.15) is 0 Å². The van der Waals surface area contributed by atoms with E-state index in [1.165, 1.54) is 25.3 Å². The number of anilines is 1. The predicted octanol–water partition coefficient (Wildman–Crippen LogP) is 4.55. The van der Waals surface area contributed by atoms with E-state index in [9.17, 15) is 14.4 Å². The first-order valence-electron chi connectivity index (χ1n) is 8.67. The quantitative estimate of drug-likeness (QED) is 0.462. The summed E-state index contributed by atoms with van der Waals surface area (Å²) in [7, 11) is 0. The Kier molecular flexibility index (Phi) is 6.26. The van der Waals surface area contributed by atoms with Gasteiger partial charge in [0.05, 0.1) is 6.26 Å². The molecule has 0 spiro atoms. The fourth-order valence-corrected chi connectivity index (χ4v) is 2.67. The molecule has 0 bridgehead atoms. The standard InChI is InChI=1S/C22H17ClN2O4/c1-14(26)15-8-10-17(11-9-15)24-21(27)19(13-16-5-2-3-6-18(16)23)25-22(28)20-7-4-12-29-20/h2-13H,1H3,(H,24,27)(H,25,28)/b19-13+. The third-order valence-electron chi connectivity index (χ3n) is 3.99. The number of furan rings is 1. The first kappa shape index (κ1) is 20.1. The second kappa shape index (κ2) is 9.03. The summed E-state index contributed by atoms with van der Waals surface area (Å²) in [4.78, 5) is 36.6. The summed E-state index contributed by atoms with van der Waals surface area (Å²) in [6.07, 6.45) is 2.84. The number of benzene rings is 2. The Morgan fingerprint density at radius 1 is 0.966 bits per heavy atom. The van der Waals surface area contributed by atoms with Crippen LogP contribution in [-0.2, 0) is 4.79 Å². The number of amides is 2. The lowest BCUT2D eigenvalue weighted by molar-refractivity contribution is -0.113. The number of rotatable bonds is 6. The van der Waals surface area contributed by atoms with Crippen LogP contribution in [0.25, 0.3) is 6.08 Å². The van der Waals surface area contributed by atoms with Crippen LogP contribution in [0.5, 0.6) is 0 Å². The van der Waals surface area contributed by atoms with E-state index >= 15 is 0 Å². The largest absolute Gasteiger partial charge is 0.459 e. The van der Waals surface area contributed by atoms with Crippen LogP contribution in [0, 0.1) is 0 Å². The van der Waals surface area contributed by atoms with Gasteiger partial charge in [-0.05, 0) is 61.0 Å². The summed E-state index contributed by atoms with van der Waals surface area (Å²) >= 11 is 6.18. The minimum absolute atomic E-state index is 0.0184. The molecule has 1 aromatic heterocycles. The number of hydrogen-bond acceptors (Lipinski definition) is 4. The Morgan fingerprint density at radius 2 is 1.69 bits per heavy atom. The summed E-state index contributed by atoms with van der Waals surface area (Å²) in [6, 6.07) is 16.4. The van der Waals surface area contributed by atoms with E-state index in [0.29, 0.717) is 21.8 Å². The van der Waals surface area contributed by atoms with Crippen molar-refractivity contribution < 1.29 is 18.8 Å². The molecule has 29 heavy (non-hydrogen) atoms. The first-order valence-corrected chi connectivity index (χ1v) is 9.05. The van der Waals surface area contributed by atoms with Crippen molar-refractivity contribution in [2.75, 3.05) is 5.32 Å². The Bertz CT molecular complexity index is 1070. The molecule has 0 saturated heterocycles. The van der Waals surface area contributed by atoms with Gasteiger partial charge in [-0.25, -0.2) is 0 Å². The molecule has 6 nitrogen and oxygen atoms in total. The van der Waals surface area contributed by atoms with Gasteiger partial charge in [-0.3, -0.25) is 14.4 Å². The molecule has 3 aromatic rings. The second-order valence-electron chi connectivity index (χ2n) is 6.10. The van der Waals surface area contributed by atoms with Crippen LogP contribution in [0.1, 0.15) is 33.4 Å². The Balaban J connectivity index is 1.87. The van der Waals surface area contributed by atoms with E-state index in [4.69, 9.17) is 16.0 Å². The SMILES string of the molecule is CC(=O)c1ccc(NC(=O)/C(=C\c2ccccc2Cl)NC(=O)c2ccco2)cc1. The van der Waals surface area contributed by atoms with Crippen molar-refractivity contribution in [1.29, 1.82) is 0 Å². The van der Waals surface area contributed by atoms with Crippen molar-refractivity contribution >= 4 is 41.0 Å². The molecule has 0 aliphatic carbocycles. The van der Waals surface area contributed by atoms with Crippen LogP contribution in [0.2, 0.25) is 5.02 Å². The monoisotopic (exact) mass is 408 g/mol. The number of ketones is 1. The summed E-state index contributed by atoms with van der Waals surface area (Å²) < 4.78 is 5.07. The maximum absolute atomic E-state index is 12.8. The van der Waals surface area contributed by atoms with E-state index in [1.54, 1.807) is 54.6 Å². The highest BCUT2D eigenvalue weighted by atomic mass is 35.5. The van der Waals surface area contributed by atoms with Gasteiger partial charge in [-0.1, -0.05) is 29.8 Å². The number of nitrogens with one attached hydrogen (secondary N) is 2. The number of halogens is 1. The van der Waals surface area contributed by atoms with Gasteiger partial charge in [0.25, 0.3) is 11.8 Å². The second-order valence-corrected chi connectivity index (χ2v) is 6.51. The van der Waals surface area contributed by atoms with Gasteiger partial charge in [0.15, 0.2) is 11.5 Å². The predicted molar refractivity (Wildman–Crippen MR) is 111 cm³/mol. The van der Waals surface area contributed by atoms with Crippen LogP contribution >= 0.6 is 11.6 Å². The Labute approximate surface area is 172 Å². The number of Topliss-reactive ketones (excluding diaryl/α,β-unsaturated/α-hetero) is 1. The molecule has 0 atom stereocenters. The lowest BCUT2D eigenvalue weighted by Gasteiger charge is -2.11. The maximum atomic E-state index is 12.8. The first-order chi connectivity index (χ1) is 13.9. The molecular formula is C22H17ClN2O4. The molecule has 0 aliphatic rings. The molecule has 0 unspecified atom stereocenters. The maximum Gasteiger partial charge on any atom is 0.291 e. The molecule has 1 heterocycles. The lowest BCUT2D eigenvalue weighted by atomic mass is 10.1. The van der Waals surface area contributed by atoms with Gasteiger partial charge < -0.3 is 15.1 Å². The highest BCUT2D eigenvalue weighted by molar-refractivity contribution is 6.32. The zero-order chi connectivity index (χ0) is 20.8. The molecular weight excluding hydrogens is 392 g/mol. The van der Waals surface area contributed by atoms with Crippen molar-refractivity contribution in [2.24, 2.45) is 0 Å². The molecule has 0 saturated carbocycles. The van der Waals surface area contributed by atoms with Gasteiger partial charge in [0, 0.05) is 16.3 Å². The fraction of sp³-hybridized carbons (Fsp3) is 0.0455. The summed E-state index contributed by atoms with van der Waals surface area (Å²) in [5, 5.41) is 5.67. The average molecular weight is 409 g/mol. The van der Waals surface area contributed by atoms with Gasteiger partial charge in [-0.15, -0.1) is 0 Å². The normalized spacial score (nSPS) is 11.0. The molecule has 3 rings (SSSR count). The zero-order valence-electron chi connectivity index (χ0n) is 15.4. The highest BCUT2D eigenvalue weighted by Gasteiger charge is 2.17. The molecule has 0 radical (unpaired) electrons. The third kappa shape index (κ3) is 5.21. The van der Waals surface area contributed by atoms with Gasteiger partial charge in [0.1, 0.15) is 5.70 Å². The molecule has 0 fully saturated rings. The van der Waals surface area contributed by atoms with Gasteiger partial charge >= 0.3 is 0 Å². The van der Waals surface area contributed by atoms with Crippen molar-refractivity contribution in [3.63, 3.8) is 0 Å². The molecule has 2 aromatic carbocycles. The van der Waals surface area contributed by atoms with Crippen LogP contribution in [0.3, 0.4) is 0 Å². The molecule has 0 aliphatic heterocycles.